The third-order valence-electron chi connectivity index (χ3n) is 2.45. The highest BCUT2D eigenvalue weighted by atomic mass is 79.9. The zero-order valence-electron chi connectivity index (χ0n) is 11.0. The SMILES string of the molecule is CCNC(=O)Cc1nc(-c2ccnc(OC)c2Br)no1. The van der Waals surface area contributed by atoms with Crippen molar-refractivity contribution in [2.45, 2.75) is 13.3 Å². The van der Waals surface area contributed by atoms with Gasteiger partial charge in [0.1, 0.15) is 6.42 Å². The molecule has 0 aliphatic rings. The minimum absolute atomic E-state index is 0.0562. The molecular formula is C12H13BrN4O3. The number of ether oxygens (including phenoxy) is 1. The molecule has 0 bridgehead atoms. The number of halogens is 1. The Kier molecular flexibility index (Phi) is 4.67. The first-order chi connectivity index (χ1) is 9.65. The summed E-state index contributed by atoms with van der Waals surface area (Å²) in [7, 11) is 1.52. The number of pyridine rings is 1. The van der Waals surface area contributed by atoms with E-state index in [4.69, 9.17) is 9.26 Å². The molecule has 2 aromatic heterocycles. The van der Waals surface area contributed by atoms with Gasteiger partial charge in [-0.15, -0.1) is 0 Å². The van der Waals surface area contributed by atoms with E-state index in [9.17, 15) is 4.79 Å². The average molecular weight is 341 g/mol. The lowest BCUT2D eigenvalue weighted by molar-refractivity contribution is -0.120. The van der Waals surface area contributed by atoms with Gasteiger partial charge in [-0.2, -0.15) is 4.98 Å². The van der Waals surface area contributed by atoms with Crippen molar-refractivity contribution in [3.05, 3.63) is 22.6 Å². The topological polar surface area (TPSA) is 90.1 Å². The Morgan fingerprint density at radius 2 is 2.35 bits per heavy atom. The van der Waals surface area contributed by atoms with E-state index in [1.54, 1.807) is 12.3 Å². The fraction of sp³-hybridized carbons (Fsp3) is 0.333. The smallest absolute Gasteiger partial charge is 0.236 e. The van der Waals surface area contributed by atoms with E-state index in [1.165, 1.54) is 7.11 Å². The van der Waals surface area contributed by atoms with E-state index in [2.05, 4.69) is 36.4 Å². The molecule has 0 aliphatic heterocycles. The number of nitrogens with zero attached hydrogens (tertiary/aromatic N) is 3. The molecule has 2 aromatic rings. The molecule has 0 aliphatic carbocycles. The summed E-state index contributed by atoms with van der Waals surface area (Å²) in [5.74, 6) is 0.900. The van der Waals surface area contributed by atoms with Gasteiger partial charge in [0, 0.05) is 18.3 Å². The maximum Gasteiger partial charge on any atom is 0.236 e. The zero-order valence-corrected chi connectivity index (χ0v) is 12.6. The number of likely N-dealkylation sites (N-methyl/N-ethyl adjacent to an activating group) is 1. The molecule has 0 unspecified atom stereocenters. The summed E-state index contributed by atoms with van der Waals surface area (Å²) in [5.41, 5.74) is 0.683. The van der Waals surface area contributed by atoms with Gasteiger partial charge in [-0.25, -0.2) is 4.98 Å². The Bertz CT molecular complexity index is 614. The number of aromatic nitrogens is 3. The normalized spacial score (nSPS) is 10.3. The summed E-state index contributed by atoms with van der Waals surface area (Å²) in [4.78, 5) is 19.7. The molecule has 7 nitrogen and oxygen atoms in total. The minimum atomic E-state index is -0.158. The molecule has 0 saturated carbocycles. The summed E-state index contributed by atoms with van der Waals surface area (Å²) in [6, 6.07) is 1.73. The first-order valence-corrected chi connectivity index (χ1v) is 6.73. The molecule has 106 valence electrons. The molecule has 0 spiro atoms. The van der Waals surface area contributed by atoms with Crippen molar-refractivity contribution in [2.75, 3.05) is 13.7 Å². The van der Waals surface area contributed by atoms with Gasteiger partial charge in [0.15, 0.2) is 0 Å². The van der Waals surface area contributed by atoms with Crippen molar-refractivity contribution >= 4 is 21.8 Å². The van der Waals surface area contributed by atoms with Gasteiger partial charge >= 0.3 is 0 Å². The van der Waals surface area contributed by atoms with E-state index in [0.717, 1.165) is 0 Å². The van der Waals surface area contributed by atoms with Crippen molar-refractivity contribution in [3.8, 4) is 17.3 Å². The van der Waals surface area contributed by atoms with Crippen LogP contribution >= 0.6 is 15.9 Å². The van der Waals surface area contributed by atoms with E-state index in [-0.39, 0.29) is 18.2 Å². The molecule has 1 N–H and O–H groups in total. The van der Waals surface area contributed by atoms with Gasteiger partial charge in [0.2, 0.25) is 23.5 Å². The number of hydrogen-bond acceptors (Lipinski definition) is 6. The standard InChI is InChI=1S/C12H13BrN4O3/c1-3-14-8(18)6-9-16-11(17-20-9)7-4-5-15-12(19-2)10(7)13/h4-5H,3,6H2,1-2H3,(H,14,18). The molecule has 0 atom stereocenters. The Morgan fingerprint density at radius 1 is 1.55 bits per heavy atom. The third-order valence-corrected chi connectivity index (χ3v) is 3.21. The Hall–Kier alpha value is -1.96. The lowest BCUT2D eigenvalue weighted by Crippen LogP contribution is -2.24. The van der Waals surface area contributed by atoms with E-state index in [0.29, 0.717) is 28.3 Å². The molecule has 2 heterocycles. The summed E-state index contributed by atoms with van der Waals surface area (Å²) in [6.07, 6.45) is 1.64. The molecule has 0 aromatic carbocycles. The van der Waals surface area contributed by atoms with Crippen LogP contribution in [0.15, 0.2) is 21.3 Å². The molecule has 2 rings (SSSR count). The minimum Gasteiger partial charge on any atom is -0.480 e. The highest BCUT2D eigenvalue weighted by Gasteiger charge is 2.16. The van der Waals surface area contributed by atoms with E-state index in [1.807, 2.05) is 6.92 Å². The number of methoxy groups -OCH3 is 1. The average Bonchev–Trinajstić information content (AvgIpc) is 2.87. The maximum absolute atomic E-state index is 11.4. The quantitative estimate of drug-likeness (QED) is 0.888. The van der Waals surface area contributed by atoms with Gasteiger partial charge in [-0.3, -0.25) is 4.79 Å². The van der Waals surface area contributed by atoms with Crippen LogP contribution in [0.25, 0.3) is 11.4 Å². The summed E-state index contributed by atoms with van der Waals surface area (Å²) < 4.78 is 10.8. The van der Waals surface area contributed by atoms with Crippen LogP contribution in [0.3, 0.4) is 0 Å². The number of nitrogens with one attached hydrogen (secondary N) is 1. The van der Waals surface area contributed by atoms with Crippen LogP contribution in [0, 0.1) is 0 Å². The predicted octanol–water partition coefficient (Wildman–Crippen LogP) is 1.58. The van der Waals surface area contributed by atoms with Crippen LogP contribution in [0.4, 0.5) is 0 Å². The largest absolute Gasteiger partial charge is 0.480 e. The van der Waals surface area contributed by atoms with Gasteiger partial charge in [-0.05, 0) is 28.9 Å². The van der Waals surface area contributed by atoms with Crippen LogP contribution in [0.1, 0.15) is 12.8 Å². The van der Waals surface area contributed by atoms with Crippen molar-refractivity contribution in [2.24, 2.45) is 0 Å². The molecule has 8 heteroatoms. The third kappa shape index (κ3) is 3.13. The summed E-state index contributed by atoms with van der Waals surface area (Å²) in [6.45, 7) is 2.41. The van der Waals surface area contributed by atoms with Gasteiger partial charge in [-0.1, -0.05) is 5.16 Å². The van der Waals surface area contributed by atoms with Crippen molar-refractivity contribution in [3.63, 3.8) is 0 Å². The second-order valence-electron chi connectivity index (χ2n) is 3.82. The Balaban J connectivity index is 2.23. The van der Waals surface area contributed by atoms with Crippen molar-refractivity contribution in [1.82, 2.24) is 20.4 Å². The number of hydrogen-bond donors (Lipinski definition) is 1. The molecule has 1 amide bonds. The first kappa shape index (κ1) is 14.4. The second kappa shape index (κ2) is 6.47. The number of rotatable bonds is 5. The van der Waals surface area contributed by atoms with Crippen LogP contribution in [-0.4, -0.2) is 34.7 Å². The molecule has 0 radical (unpaired) electrons. The molecule has 20 heavy (non-hydrogen) atoms. The lowest BCUT2D eigenvalue weighted by Gasteiger charge is -2.03. The monoisotopic (exact) mass is 340 g/mol. The molecule has 0 fully saturated rings. The highest BCUT2D eigenvalue weighted by Crippen LogP contribution is 2.32. The summed E-state index contributed by atoms with van der Waals surface area (Å²) in [5, 5.41) is 6.52. The van der Waals surface area contributed by atoms with Gasteiger partial charge in [0.25, 0.3) is 0 Å². The maximum atomic E-state index is 11.4. The van der Waals surface area contributed by atoms with Crippen LogP contribution in [-0.2, 0) is 11.2 Å². The zero-order chi connectivity index (χ0) is 14.5. The van der Waals surface area contributed by atoms with Crippen molar-refractivity contribution < 1.29 is 14.1 Å². The Labute approximate surface area is 123 Å². The number of carbonyl (C=O) groups excluding carboxylic acids is 1. The fourth-order valence-electron chi connectivity index (χ4n) is 1.57. The Morgan fingerprint density at radius 3 is 3.05 bits per heavy atom. The van der Waals surface area contributed by atoms with Crippen LogP contribution in [0.5, 0.6) is 5.88 Å². The fourth-order valence-corrected chi connectivity index (χ4v) is 2.15. The van der Waals surface area contributed by atoms with Gasteiger partial charge < -0.3 is 14.6 Å². The predicted molar refractivity (Wildman–Crippen MR) is 74.2 cm³/mol. The number of amides is 1. The highest BCUT2D eigenvalue weighted by molar-refractivity contribution is 9.10. The molecule has 0 saturated heterocycles. The van der Waals surface area contributed by atoms with E-state index >= 15 is 0 Å². The first-order valence-electron chi connectivity index (χ1n) is 5.93. The summed E-state index contributed by atoms with van der Waals surface area (Å²) >= 11 is 3.37. The van der Waals surface area contributed by atoms with Crippen LogP contribution in [0.2, 0.25) is 0 Å². The molecular weight excluding hydrogens is 328 g/mol. The van der Waals surface area contributed by atoms with Gasteiger partial charge in [0.05, 0.1) is 11.6 Å². The number of carbonyl (C=O) groups is 1. The van der Waals surface area contributed by atoms with Crippen molar-refractivity contribution in [1.29, 1.82) is 0 Å². The van der Waals surface area contributed by atoms with E-state index < -0.39 is 0 Å². The lowest BCUT2D eigenvalue weighted by atomic mass is 10.2. The second-order valence-corrected chi connectivity index (χ2v) is 4.62. The van der Waals surface area contributed by atoms with Crippen LogP contribution < -0.4 is 10.1 Å².